The number of ether oxygens (including phenoxy) is 2. The van der Waals surface area contributed by atoms with Crippen LogP contribution in [0.15, 0.2) is 41.5 Å². The first-order chi connectivity index (χ1) is 15.2. The highest BCUT2D eigenvalue weighted by atomic mass is 32.1. The molecular formula is C23H24N2O6S. The van der Waals surface area contributed by atoms with E-state index in [1.807, 2.05) is 13.8 Å². The number of methoxy groups -OCH3 is 1. The standard InChI is InChI=1S/C23H24N2O6S/c1-13(2)11-31-23(29)20-14(3)18-21(32-20)24-12-25(22(18)28)16(10-17(26)30-4)19(27)15-8-6-5-7-9-15/h5-9,12-13,16H,10-11H2,1-4H3. The van der Waals surface area contributed by atoms with Crippen LogP contribution in [0, 0.1) is 12.8 Å². The summed E-state index contributed by atoms with van der Waals surface area (Å²) in [6.07, 6.45) is 0.905. The molecule has 1 atom stereocenters. The summed E-state index contributed by atoms with van der Waals surface area (Å²) in [6, 6.07) is 7.26. The van der Waals surface area contributed by atoms with Gasteiger partial charge in [0.25, 0.3) is 5.56 Å². The predicted molar refractivity (Wildman–Crippen MR) is 120 cm³/mol. The Balaban J connectivity index is 2.08. The average molecular weight is 457 g/mol. The van der Waals surface area contributed by atoms with Crippen molar-refractivity contribution in [3.05, 3.63) is 63.0 Å². The fourth-order valence-electron chi connectivity index (χ4n) is 3.22. The van der Waals surface area contributed by atoms with E-state index < -0.39 is 29.3 Å². The predicted octanol–water partition coefficient (Wildman–Crippen LogP) is 3.57. The van der Waals surface area contributed by atoms with Crippen LogP contribution in [-0.4, -0.2) is 41.0 Å². The first-order valence-electron chi connectivity index (χ1n) is 10.1. The van der Waals surface area contributed by atoms with Gasteiger partial charge in [-0.15, -0.1) is 11.3 Å². The van der Waals surface area contributed by atoms with Crippen LogP contribution in [0.4, 0.5) is 0 Å². The second kappa shape index (κ2) is 9.86. The molecule has 1 unspecified atom stereocenters. The number of esters is 2. The molecule has 2 heterocycles. The van der Waals surface area contributed by atoms with Crippen LogP contribution < -0.4 is 5.56 Å². The molecule has 32 heavy (non-hydrogen) atoms. The maximum absolute atomic E-state index is 13.4. The SMILES string of the molecule is COC(=O)CC(C(=O)c1ccccc1)n1cnc2sc(C(=O)OCC(C)C)c(C)c2c1=O. The van der Waals surface area contributed by atoms with Crippen molar-refractivity contribution < 1.29 is 23.9 Å². The summed E-state index contributed by atoms with van der Waals surface area (Å²) >= 11 is 1.07. The quantitative estimate of drug-likeness (QED) is 0.377. The highest BCUT2D eigenvalue weighted by Crippen LogP contribution is 2.28. The van der Waals surface area contributed by atoms with Crippen LogP contribution in [0.3, 0.4) is 0 Å². The number of carbonyl (C=O) groups is 3. The van der Waals surface area contributed by atoms with E-state index >= 15 is 0 Å². The van der Waals surface area contributed by atoms with Gasteiger partial charge >= 0.3 is 11.9 Å². The number of fused-ring (bicyclic) bond motifs is 1. The summed E-state index contributed by atoms with van der Waals surface area (Å²) < 4.78 is 11.2. The van der Waals surface area contributed by atoms with Gasteiger partial charge in [-0.3, -0.25) is 19.0 Å². The minimum absolute atomic E-state index is 0.173. The Morgan fingerprint density at radius 2 is 1.84 bits per heavy atom. The number of thiophene rings is 1. The number of hydrogen-bond donors (Lipinski definition) is 0. The normalized spacial score (nSPS) is 12.0. The maximum Gasteiger partial charge on any atom is 0.348 e. The lowest BCUT2D eigenvalue weighted by molar-refractivity contribution is -0.141. The lowest BCUT2D eigenvalue weighted by atomic mass is 10.0. The van der Waals surface area contributed by atoms with Crippen molar-refractivity contribution in [3.8, 4) is 0 Å². The number of aromatic nitrogens is 2. The number of Topliss-reactive ketones (excluding diaryl/α,β-unsaturated/α-hetero) is 1. The van der Waals surface area contributed by atoms with E-state index in [1.165, 1.54) is 13.4 Å². The second-order valence-corrected chi connectivity index (χ2v) is 8.71. The van der Waals surface area contributed by atoms with Gasteiger partial charge in [0.2, 0.25) is 0 Å². The van der Waals surface area contributed by atoms with Crippen molar-refractivity contribution in [2.24, 2.45) is 5.92 Å². The zero-order valence-electron chi connectivity index (χ0n) is 18.3. The molecule has 0 saturated heterocycles. The molecule has 0 amide bonds. The van der Waals surface area contributed by atoms with Crippen molar-refractivity contribution in [3.63, 3.8) is 0 Å². The van der Waals surface area contributed by atoms with Gasteiger partial charge in [-0.25, -0.2) is 9.78 Å². The molecule has 2 aromatic heterocycles. The molecule has 0 saturated carbocycles. The Labute approximate surface area is 188 Å². The molecule has 8 nitrogen and oxygen atoms in total. The van der Waals surface area contributed by atoms with Crippen molar-refractivity contribution in [2.75, 3.05) is 13.7 Å². The van der Waals surface area contributed by atoms with Gasteiger partial charge in [0, 0.05) is 5.56 Å². The Bertz CT molecular complexity index is 1210. The van der Waals surface area contributed by atoms with E-state index in [4.69, 9.17) is 9.47 Å². The van der Waals surface area contributed by atoms with E-state index in [1.54, 1.807) is 37.3 Å². The molecule has 9 heteroatoms. The van der Waals surface area contributed by atoms with Crippen LogP contribution in [0.25, 0.3) is 10.2 Å². The van der Waals surface area contributed by atoms with Gasteiger partial charge in [-0.1, -0.05) is 44.2 Å². The van der Waals surface area contributed by atoms with Crippen LogP contribution in [-0.2, 0) is 14.3 Å². The van der Waals surface area contributed by atoms with E-state index in [9.17, 15) is 19.2 Å². The molecule has 0 aliphatic rings. The van der Waals surface area contributed by atoms with Crippen molar-refractivity contribution in [1.82, 2.24) is 9.55 Å². The van der Waals surface area contributed by atoms with Crippen LogP contribution in [0.1, 0.15) is 51.9 Å². The number of nitrogens with zero attached hydrogens (tertiary/aromatic N) is 2. The first kappa shape index (κ1) is 23.3. The largest absolute Gasteiger partial charge is 0.469 e. The van der Waals surface area contributed by atoms with Crippen LogP contribution in [0.2, 0.25) is 0 Å². The molecule has 1 aromatic carbocycles. The van der Waals surface area contributed by atoms with Gasteiger partial charge in [-0.2, -0.15) is 0 Å². The molecule has 0 spiro atoms. The zero-order valence-corrected chi connectivity index (χ0v) is 19.1. The number of ketones is 1. The molecule has 0 aliphatic carbocycles. The highest BCUT2D eigenvalue weighted by Gasteiger charge is 2.29. The average Bonchev–Trinajstić information content (AvgIpc) is 3.13. The molecule has 0 fully saturated rings. The van der Waals surface area contributed by atoms with Gasteiger partial charge in [0.1, 0.15) is 15.7 Å². The minimum atomic E-state index is -1.13. The van der Waals surface area contributed by atoms with E-state index in [0.29, 0.717) is 20.8 Å². The third-order valence-corrected chi connectivity index (χ3v) is 6.07. The molecule has 168 valence electrons. The lowest BCUT2D eigenvalue weighted by Crippen LogP contribution is -2.32. The number of aryl methyl sites for hydroxylation is 1. The molecule has 3 rings (SSSR count). The fourth-order valence-corrected chi connectivity index (χ4v) is 4.25. The third kappa shape index (κ3) is 4.77. The van der Waals surface area contributed by atoms with Gasteiger partial charge in [0.05, 0.1) is 31.9 Å². The molecule has 0 radical (unpaired) electrons. The van der Waals surface area contributed by atoms with Crippen molar-refractivity contribution in [1.29, 1.82) is 0 Å². The number of hydrogen-bond acceptors (Lipinski definition) is 8. The molecule has 0 aliphatic heterocycles. The monoisotopic (exact) mass is 456 g/mol. The summed E-state index contributed by atoms with van der Waals surface area (Å²) in [5.74, 6) is -1.39. The smallest absolute Gasteiger partial charge is 0.348 e. The maximum atomic E-state index is 13.4. The minimum Gasteiger partial charge on any atom is -0.469 e. The molecule has 3 aromatic rings. The molecule has 0 bridgehead atoms. The zero-order chi connectivity index (χ0) is 23.4. The Morgan fingerprint density at radius 3 is 2.47 bits per heavy atom. The molecular weight excluding hydrogens is 432 g/mol. The highest BCUT2D eigenvalue weighted by molar-refractivity contribution is 7.20. The van der Waals surface area contributed by atoms with Crippen molar-refractivity contribution >= 4 is 39.3 Å². The fraction of sp³-hybridized carbons (Fsp3) is 0.348. The van der Waals surface area contributed by atoms with Gasteiger partial charge < -0.3 is 9.47 Å². The number of benzene rings is 1. The summed E-state index contributed by atoms with van der Waals surface area (Å²) in [5, 5.41) is 0.227. The van der Waals surface area contributed by atoms with Crippen LogP contribution in [0.5, 0.6) is 0 Å². The summed E-state index contributed by atoms with van der Waals surface area (Å²) in [4.78, 5) is 56.0. The first-order valence-corrected chi connectivity index (χ1v) is 10.9. The summed E-state index contributed by atoms with van der Waals surface area (Å²) in [5.41, 5.74) is 0.285. The van der Waals surface area contributed by atoms with Crippen LogP contribution >= 0.6 is 11.3 Å². The van der Waals surface area contributed by atoms with Crippen molar-refractivity contribution in [2.45, 2.75) is 33.2 Å². The Morgan fingerprint density at radius 1 is 1.16 bits per heavy atom. The second-order valence-electron chi connectivity index (χ2n) is 7.71. The Hall–Kier alpha value is -3.33. The van der Waals surface area contributed by atoms with E-state index in [0.717, 1.165) is 15.9 Å². The lowest BCUT2D eigenvalue weighted by Gasteiger charge is -2.17. The number of rotatable bonds is 8. The van der Waals surface area contributed by atoms with Gasteiger partial charge in [-0.05, 0) is 18.4 Å². The Kier molecular flexibility index (Phi) is 7.19. The van der Waals surface area contributed by atoms with E-state index in [-0.39, 0.29) is 24.3 Å². The number of carbonyl (C=O) groups excluding carboxylic acids is 3. The van der Waals surface area contributed by atoms with E-state index in [2.05, 4.69) is 4.98 Å². The summed E-state index contributed by atoms with van der Waals surface area (Å²) in [7, 11) is 1.22. The third-order valence-electron chi connectivity index (χ3n) is 4.89. The molecule has 0 N–H and O–H groups in total. The summed E-state index contributed by atoms with van der Waals surface area (Å²) in [6.45, 7) is 5.76. The van der Waals surface area contributed by atoms with Gasteiger partial charge in [0.15, 0.2) is 5.78 Å². The topological polar surface area (TPSA) is 105 Å².